The van der Waals surface area contributed by atoms with E-state index in [0.29, 0.717) is 44.9 Å². The summed E-state index contributed by atoms with van der Waals surface area (Å²) in [6, 6.07) is 11.4. The fraction of sp³-hybridized carbons (Fsp3) is 0.441. The Balaban J connectivity index is 1.26. The summed E-state index contributed by atoms with van der Waals surface area (Å²) in [5.74, 6) is -0.311. The lowest BCUT2D eigenvalue weighted by molar-refractivity contribution is -0.130. The second kappa shape index (κ2) is 13.8. The van der Waals surface area contributed by atoms with Crippen LogP contribution in [0.5, 0.6) is 11.5 Å². The van der Waals surface area contributed by atoms with Crippen molar-refractivity contribution >= 4 is 23.6 Å². The molecule has 13 heteroatoms. The molecule has 2 N–H and O–H groups in total. The van der Waals surface area contributed by atoms with Crippen LogP contribution in [0.3, 0.4) is 0 Å². The van der Waals surface area contributed by atoms with E-state index in [9.17, 15) is 19.2 Å². The van der Waals surface area contributed by atoms with Crippen molar-refractivity contribution in [2.45, 2.75) is 45.4 Å². The zero-order valence-corrected chi connectivity index (χ0v) is 26.9. The van der Waals surface area contributed by atoms with Crippen LogP contribution in [-0.4, -0.2) is 101 Å². The van der Waals surface area contributed by atoms with Crippen LogP contribution < -0.4 is 20.1 Å². The summed E-state index contributed by atoms with van der Waals surface area (Å²) in [6.45, 7) is 6.19. The van der Waals surface area contributed by atoms with Gasteiger partial charge >= 0.3 is 0 Å². The van der Waals surface area contributed by atoms with E-state index in [1.807, 2.05) is 37.7 Å². The zero-order valence-electron chi connectivity index (χ0n) is 26.9. The van der Waals surface area contributed by atoms with Gasteiger partial charge in [0.25, 0.3) is 17.7 Å². The molecule has 2 fully saturated rings. The van der Waals surface area contributed by atoms with E-state index >= 15 is 0 Å². The fourth-order valence-corrected chi connectivity index (χ4v) is 6.20. The summed E-state index contributed by atoms with van der Waals surface area (Å²) in [6.07, 6.45) is 0.335. The summed E-state index contributed by atoms with van der Waals surface area (Å²) >= 11 is 0. The van der Waals surface area contributed by atoms with Gasteiger partial charge in [0.15, 0.2) is 6.61 Å². The van der Waals surface area contributed by atoms with Gasteiger partial charge in [0.1, 0.15) is 17.6 Å². The maximum atomic E-state index is 13.8. The van der Waals surface area contributed by atoms with Gasteiger partial charge in [0, 0.05) is 56.5 Å². The minimum absolute atomic E-state index is 0.0416. The van der Waals surface area contributed by atoms with Crippen LogP contribution in [0, 0.1) is 13.8 Å². The summed E-state index contributed by atoms with van der Waals surface area (Å²) < 4.78 is 19.4. The number of likely N-dealkylation sites (tertiary alicyclic amines) is 1. The maximum absolute atomic E-state index is 13.8. The van der Waals surface area contributed by atoms with Gasteiger partial charge in [0.2, 0.25) is 5.91 Å². The minimum atomic E-state index is -0.533. The lowest BCUT2D eigenvalue weighted by atomic mass is 10.1. The highest BCUT2D eigenvalue weighted by molar-refractivity contribution is 6.00. The van der Waals surface area contributed by atoms with E-state index in [-0.39, 0.29) is 60.8 Å². The molecule has 1 aromatic heterocycles. The highest BCUT2D eigenvalue weighted by Gasteiger charge is 2.38. The molecule has 0 spiro atoms. The topological polar surface area (TPSA) is 144 Å². The van der Waals surface area contributed by atoms with E-state index in [1.54, 1.807) is 28.0 Å². The number of carbonyl (C=O) groups is 4. The molecule has 0 unspecified atom stereocenters. The van der Waals surface area contributed by atoms with Crippen LogP contribution in [-0.2, 0) is 34.3 Å². The second-order valence-electron chi connectivity index (χ2n) is 12.2. The minimum Gasteiger partial charge on any atom is -0.486 e. The summed E-state index contributed by atoms with van der Waals surface area (Å²) in [4.78, 5) is 56.7. The van der Waals surface area contributed by atoms with E-state index in [1.165, 1.54) is 12.1 Å². The number of ether oxygens (including phenoxy) is 3. The lowest BCUT2D eigenvalue weighted by Crippen LogP contribution is -2.45. The molecule has 2 atom stereocenters. The number of fused-ring (bicyclic) bond motifs is 7. The van der Waals surface area contributed by atoms with Crippen molar-refractivity contribution < 1.29 is 33.4 Å². The third kappa shape index (κ3) is 7.40. The fourth-order valence-electron chi connectivity index (χ4n) is 6.20. The molecule has 7 rings (SSSR count). The van der Waals surface area contributed by atoms with Crippen LogP contribution in [0.25, 0.3) is 0 Å². The van der Waals surface area contributed by atoms with E-state index in [2.05, 4.69) is 15.7 Å². The summed E-state index contributed by atoms with van der Waals surface area (Å²) in [7, 11) is 1.89. The number of hydrogen-bond donors (Lipinski definition) is 2. The van der Waals surface area contributed by atoms with Crippen molar-refractivity contribution in [3.05, 3.63) is 76.1 Å². The molecular formula is C34H40N6O7. The first-order valence-electron chi connectivity index (χ1n) is 15.9. The first-order chi connectivity index (χ1) is 22.6. The number of aromatic nitrogens is 2. The molecule has 13 nitrogen and oxygen atoms in total. The van der Waals surface area contributed by atoms with Crippen LogP contribution in [0.15, 0.2) is 42.5 Å². The van der Waals surface area contributed by atoms with Crippen molar-refractivity contribution in [1.82, 2.24) is 30.2 Å². The van der Waals surface area contributed by atoms with Gasteiger partial charge in [-0.1, -0.05) is 12.1 Å². The van der Waals surface area contributed by atoms with E-state index < -0.39 is 18.1 Å². The molecule has 4 aliphatic heterocycles. The Morgan fingerprint density at radius 2 is 1.74 bits per heavy atom. The summed E-state index contributed by atoms with van der Waals surface area (Å²) in [5.41, 5.74) is 4.33. The highest BCUT2D eigenvalue weighted by Crippen LogP contribution is 2.24. The Hall–Kier alpha value is -4.91. The first-order valence-corrected chi connectivity index (χ1v) is 15.9. The Kier molecular flexibility index (Phi) is 9.43. The smallest absolute Gasteiger partial charge is 0.258 e. The van der Waals surface area contributed by atoms with Crippen LogP contribution in [0.4, 0.5) is 0 Å². The molecule has 2 saturated heterocycles. The molecule has 4 amide bonds. The number of amides is 4. The maximum Gasteiger partial charge on any atom is 0.258 e. The number of rotatable bonds is 4. The molecule has 5 heterocycles. The quantitative estimate of drug-likeness (QED) is 0.436. The van der Waals surface area contributed by atoms with Gasteiger partial charge in [0.05, 0.1) is 31.5 Å². The largest absolute Gasteiger partial charge is 0.486 e. The SMILES string of the molecule is Cc1nn(C)c(C)c1CCC(=O)N1C[C@@H]2NC(=O)c3cc(cc(C(=O)N4CCOCC4)c3)OCC(=O)NCc3ccc(cc3)O[C@H]2C1. The monoisotopic (exact) mass is 644 g/mol. The Bertz CT molecular complexity index is 1660. The molecular weight excluding hydrogens is 604 g/mol. The third-order valence-corrected chi connectivity index (χ3v) is 8.97. The van der Waals surface area contributed by atoms with Gasteiger partial charge in [-0.15, -0.1) is 0 Å². The van der Waals surface area contributed by atoms with Gasteiger partial charge < -0.3 is 34.6 Å². The predicted octanol–water partition coefficient (Wildman–Crippen LogP) is 1.54. The lowest BCUT2D eigenvalue weighted by Gasteiger charge is -2.27. The van der Waals surface area contributed by atoms with Crippen molar-refractivity contribution in [2.24, 2.45) is 7.05 Å². The van der Waals surface area contributed by atoms with Crippen molar-refractivity contribution in [3.8, 4) is 11.5 Å². The molecule has 2 aromatic carbocycles. The molecule has 4 bridgehead atoms. The van der Waals surface area contributed by atoms with Crippen molar-refractivity contribution in [1.29, 1.82) is 0 Å². The van der Waals surface area contributed by atoms with E-state index in [0.717, 1.165) is 22.5 Å². The highest BCUT2D eigenvalue weighted by atomic mass is 16.5. The number of aryl methyl sites for hydroxylation is 2. The Labute approximate surface area is 273 Å². The molecule has 248 valence electrons. The van der Waals surface area contributed by atoms with Crippen LogP contribution >= 0.6 is 0 Å². The third-order valence-electron chi connectivity index (χ3n) is 8.97. The number of hydrogen-bond acceptors (Lipinski definition) is 8. The van der Waals surface area contributed by atoms with Gasteiger partial charge in [-0.25, -0.2) is 0 Å². The van der Waals surface area contributed by atoms with Crippen LogP contribution in [0.1, 0.15) is 49.7 Å². The average Bonchev–Trinajstić information content (AvgIpc) is 3.58. The van der Waals surface area contributed by atoms with Crippen LogP contribution in [0.2, 0.25) is 0 Å². The van der Waals surface area contributed by atoms with Gasteiger partial charge in [-0.3, -0.25) is 23.9 Å². The average molecular weight is 645 g/mol. The zero-order chi connectivity index (χ0) is 33.1. The number of carbonyl (C=O) groups excluding carboxylic acids is 4. The van der Waals surface area contributed by atoms with E-state index in [4.69, 9.17) is 14.2 Å². The molecule has 4 aliphatic rings. The number of nitrogens with one attached hydrogen (secondary N) is 2. The summed E-state index contributed by atoms with van der Waals surface area (Å²) in [5, 5.41) is 10.3. The molecule has 47 heavy (non-hydrogen) atoms. The standard InChI is InChI=1S/C34H40N6O7/c1-21-28(22(2)38(3)37-21)8-9-32(42)40-18-29-30(19-40)47-26-6-4-23(5-7-26)17-35-31(41)20-46-27-15-24(33(43)36-29)14-25(16-27)34(44)39-10-12-45-13-11-39/h4-7,14-16,29-30H,8-13,17-20H2,1-3H3,(H,35,41)(H,36,43)/t29-,30-/m0/s1. The van der Waals surface area contributed by atoms with Gasteiger partial charge in [-0.2, -0.15) is 5.10 Å². The number of morpholine rings is 1. The molecule has 0 radical (unpaired) electrons. The molecule has 0 aliphatic carbocycles. The normalized spacial score (nSPS) is 20.1. The second-order valence-corrected chi connectivity index (χ2v) is 12.2. The van der Waals surface area contributed by atoms with Crippen molar-refractivity contribution in [2.75, 3.05) is 46.0 Å². The van der Waals surface area contributed by atoms with Crippen molar-refractivity contribution in [3.63, 3.8) is 0 Å². The molecule has 3 aromatic rings. The predicted molar refractivity (Wildman–Crippen MR) is 170 cm³/mol. The Morgan fingerprint density at radius 3 is 2.47 bits per heavy atom. The van der Waals surface area contributed by atoms with Gasteiger partial charge in [-0.05, 0) is 61.7 Å². The number of benzene rings is 2. The first kappa shape index (κ1) is 32.0. The number of nitrogens with zero attached hydrogens (tertiary/aromatic N) is 4. The Morgan fingerprint density at radius 1 is 0.979 bits per heavy atom. The molecule has 0 saturated carbocycles.